The van der Waals surface area contributed by atoms with Crippen LogP contribution in [-0.2, 0) is 6.42 Å². The lowest BCUT2D eigenvalue weighted by Gasteiger charge is -2.11. The first kappa shape index (κ1) is 11.2. The Bertz CT molecular complexity index is 582. The number of anilines is 1. The first-order valence-corrected chi connectivity index (χ1v) is 6.96. The van der Waals surface area contributed by atoms with E-state index in [1.165, 1.54) is 17.4 Å². The van der Waals surface area contributed by atoms with E-state index >= 15 is 0 Å². The van der Waals surface area contributed by atoms with E-state index in [4.69, 9.17) is 5.73 Å². The lowest BCUT2D eigenvalue weighted by atomic mass is 9.98. The summed E-state index contributed by atoms with van der Waals surface area (Å²) in [4.78, 5) is 5.41. The van der Waals surface area contributed by atoms with Crippen LogP contribution in [0.3, 0.4) is 0 Å². The van der Waals surface area contributed by atoms with Crippen molar-refractivity contribution in [3.05, 3.63) is 44.6 Å². The Kier molecular flexibility index (Phi) is 2.67. The highest BCUT2D eigenvalue weighted by molar-refractivity contribution is 9.10. The number of aromatic nitrogens is 1. The smallest absolute Gasteiger partial charge is 0.180 e. The van der Waals surface area contributed by atoms with Crippen molar-refractivity contribution < 1.29 is 4.39 Å². The molecule has 0 amide bonds. The lowest BCUT2D eigenvalue weighted by molar-refractivity contribution is 0.595. The Balaban J connectivity index is 2.09. The van der Waals surface area contributed by atoms with Crippen LogP contribution >= 0.6 is 27.3 Å². The number of hydrogen-bond donors (Lipinski definition) is 1. The molecule has 0 fully saturated rings. The fourth-order valence-corrected chi connectivity index (χ4v) is 3.74. The minimum Gasteiger partial charge on any atom is -0.375 e. The average Bonchev–Trinajstić information content (AvgIpc) is 2.80. The lowest BCUT2D eigenvalue weighted by Crippen LogP contribution is -1.98. The van der Waals surface area contributed by atoms with E-state index in [-0.39, 0.29) is 11.7 Å². The van der Waals surface area contributed by atoms with Crippen molar-refractivity contribution in [3.8, 4) is 0 Å². The zero-order chi connectivity index (χ0) is 12.0. The minimum atomic E-state index is -0.155. The van der Waals surface area contributed by atoms with E-state index in [0.29, 0.717) is 5.13 Å². The molecule has 1 aliphatic rings. The van der Waals surface area contributed by atoms with Crippen LogP contribution in [0.5, 0.6) is 0 Å². The van der Waals surface area contributed by atoms with Gasteiger partial charge in [0.25, 0.3) is 0 Å². The summed E-state index contributed by atoms with van der Waals surface area (Å²) in [6, 6.07) is 5.07. The van der Waals surface area contributed by atoms with Crippen molar-refractivity contribution in [1.82, 2.24) is 4.98 Å². The van der Waals surface area contributed by atoms with Crippen LogP contribution in [0.1, 0.15) is 28.5 Å². The molecule has 0 saturated carbocycles. The van der Waals surface area contributed by atoms with Gasteiger partial charge in [-0.15, -0.1) is 11.3 Å². The molecule has 0 radical (unpaired) electrons. The van der Waals surface area contributed by atoms with E-state index in [1.807, 2.05) is 6.07 Å². The van der Waals surface area contributed by atoms with E-state index in [0.717, 1.165) is 33.4 Å². The van der Waals surface area contributed by atoms with Crippen molar-refractivity contribution in [2.45, 2.75) is 18.8 Å². The molecule has 0 saturated heterocycles. The molecule has 2 nitrogen and oxygen atoms in total. The topological polar surface area (TPSA) is 38.9 Å². The molecule has 88 valence electrons. The fourth-order valence-electron chi connectivity index (χ4n) is 2.32. The number of hydrogen-bond acceptors (Lipinski definition) is 3. The Hall–Kier alpha value is -0.940. The van der Waals surface area contributed by atoms with Crippen LogP contribution in [0, 0.1) is 5.82 Å². The van der Waals surface area contributed by atoms with Crippen LogP contribution in [0.25, 0.3) is 0 Å². The summed E-state index contributed by atoms with van der Waals surface area (Å²) < 4.78 is 14.8. The van der Waals surface area contributed by atoms with E-state index in [2.05, 4.69) is 20.9 Å². The molecule has 0 bridgehead atoms. The number of benzene rings is 1. The van der Waals surface area contributed by atoms with Crippen LogP contribution < -0.4 is 5.73 Å². The largest absolute Gasteiger partial charge is 0.375 e. The Morgan fingerprint density at radius 2 is 2.29 bits per heavy atom. The molecule has 3 rings (SSSR count). The number of aryl methyl sites for hydroxylation is 1. The summed E-state index contributed by atoms with van der Waals surface area (Å²) in [6.45, 7) is 0. The van der Waals surface area contributed by atoms with Crippen molar-refractivity contribution in [2.24, 2.45) is 0 Å². The van der Waals surface area contributed by atoms with Crippen molar-refractivity contribution in [1.29, 1.82) is 0 Å². The maximum absolute atomic E-state index is 13.9. The van der Waals surface area contributed by atoms with Crippen LogP contribution in [0.4, 0.5) is 9.52 Å². The summed E-state index contributed by atoms with van der Waals surface area (Å²) in [5, 5.41) is 0.579. The summed E-state index contributed by atoms with van der Waals surface area (Å²) in [6.07, 6.45) is 1.81. The van der Waals surface area contributed by atoms with Gasteiger partial charge in [0.2, 0.25) is 0 Å². The number of nitrogens with zero attached hydrogens (tertiary/aromatic N) is 1. The van der Waals surface area contributed by atoms with Gasteiger partial charge in [-0.05, 0) is 36.6 Å². The molecule has 5 heteroatoms. The first-order valence-electron chi connectivity index (χ1n) is 5.35. The summed E-state index contributed by atoms with van der Waals surface area (Å²) in [5.41, 5.74) is 7.48. The number of rotatable bonds is 1. The Morgan fingerprint density at radius 1 is 1.47 bits per heavy atom. The molecular formula is C12H10BrFN2S. The number of fused-ring (bicyclic) bond motifs is 1. The fraction of sp³-hybridized carbons (Fsp3) is 0.250. The molecule has 1 heterocycles. The predicted octanol–water partition coefficient (Wildman–Crippen LogP) is 3.71. The van der Waals surface area contributed by atoms with Gasteiger partial charge in [0, 0.05) is 15.3 Å². The molecule has 1 aromatic heterocycles. The van der Waals surface area contributed by atoms with Gasteiger partial charge < -0.3 is 5.73 Å². The molecule has 1 unspecified atom stereocenters. The molecule has 2 aromatic rings. The highest BCUT2D eigenvalue weighted by atomic mass is 79.9. The second-order valence-corrected chi connectivity index (χ2v) is 6.10. The third-order valence-corrected chi connectivity index (χ3v) is 4.60. The quantitative estimate of drug-likeness (QED) is 0.872. The van der Waals surface area contributed by atoms with Gasteiger partial charge in [-0.25, -0.2) is 9.37 Å². The second kappa shape index (κ2) is 4.07. The Labute approximate surface area is 111 Å². The minimum absolute atomic E-state index is 0.109. The molecule has 1 aromatic carbocycles. The summed E-state index contributed by atoms with van der Waals surface area (Å²) in [5.74, 6) is -0.0460. The number of thiazole rings is 1. The van der Waals surface area contributed by atoms with E-state index in [1.54, 1.807) is 6.07 Å². The SMILES string of the molecule is Nc1nc2c(s1)C(c1cc(Br)ccc1F)CC2. The monoisotopic (exact) mass is 312 g/mol. The van der Waals surface area contributed by atoms with Crippen LogP contribution in [0.15, 0.2) is 22.7 Å². The van der Waals surface area contributed by atoms with Crippen molar-refractivity contribution in [3.63, 3.8) is 0 Å². The second-order valence-electron chi connectivity index (χ2n) is 4.12. The molecule has 1 aliphatic carbocycles. The van der Waals surface area contributed by atoms with Gasteiger partial charge in [-0.2, -0.15) is 0 Å². The van der Waals surface area contributed by atoms with Crippen molar-refractivity contribution in [2.75, 3.05) is 5.73 Å². The van der Waals surface area contributed by atoms with Gasteiger partial charge in [-0.3, -0.25) is 0 Å². The molecule has 2 N–H and O–H groups in total. The predicted molar refractivity (Wildman–Crippen MR) is 70.8 cm³/mol. The number of nitrogen functional groups attached to an aromatic ring is 1. The van der Waals surface area contributed by atoms with Gasteiger partial charge in [-0.1, -0.05) is 15.9 Å². The van der Waals surface area contributed by atoms with Gasteiger partial charge >= 0.3 is 0 Å². The molecule has 1 atom stereocenters. The summed E-state index contributed by atoms with van der Waals surface area (Å²) >= 11 is 4.86. The third-order valence-electron chi connectivity index (χ3n) is 3.06. The van der Waals surface area contributed by atoms with E-state index in [9.17, 15) is 4.39 Å². The maximum atomic E-state index is 13.9. The molecular weight excluding hydrogens is 303 g/mol. The van der Waals surface area contributed by atoms with Crippen LogP contribution in [0.2, 0.25) is 0 Å². The highest BCUT2D eigenvalue weighted by Crippen LogP contribution is 2.43. The van der Waals surface area contributed by atoms with E-state index < -0.39 is 0 Å². The van der Waals surface area contributed by atoms with Gasteiger partial charge in [0.05, 0.1) is 5.69 Å². The van der Waals surface area contributed by atoms with Gasteiger partial charge in [0.15, 0.2) is 5.13 Å². The molecule has 17 heavy (non-hydrogen) atoms. The first-order chi connectivity index (χ1) is 8.15. The zero-order valence-electron chi connectivity index (χ0n) is 8.91. The molecule has 0 spiro atoms. The summed E-state index contributed by atoms with van der Waals surface area (Å²) in [7, 11) is 0. The van der Waals surface area contributed by atoms with Crippen molar-refractivity contribution >= 4 is 32.4 Å². The van der Waals surface area contributed by atoms with Gasteiger partial charge in [0.1, 0.15) is 5.82 Å². The van der Waals surface area contributed by atoms with Crippen LogP contribution in [-0.4, -0.2) is 4.98 Å². The number of nitrogens with two attached hydrogens (primary N) is 1. The normalized spacial score (nSPS) is 18.4. The third kappa shape index (κ3) is 1.87. The number of halogens is 2. The Morgan fingerprint density at radius 3 is 3.12 bits per heavy atom. The maximum Gasteiger partial charge on any atom is 0.180 e. The zero-order valence-corrected chi connectivity index (χ0v) is 11.3. The molecule has 0 aliphatic heterocycles. The highest BCUT2D eigenvalue weighted by Gasteiger charge is 2.29. The average molecular weight is 313 g/mol. The standard InChI is InChI=1S/C12H10BrFN2S/c13-6-1-3-9(14)8(5-6)7-2-4-10-11(7)17-12(15)16-10/h1,3,5,7H,2,4H2,(H2,15,16).